The maximum Gasteiger partial charge on any atom is 0.416 e. The van der Waals surface area contributed by atoms with Crippen molar-refractivity contribution in [2.45, 2.75) is 13.1 Å². The fourth-order valence-corrected chi connectivity index (χ4v) is 1.46. The second-order valence-corrected chi connectivity index (χ2v) is 3.46. The van der Waals surface area contributed by atoms with Crippen LogP contribution in [0.15, 0.2) is 22.7 Å². The molecule has 1 heterocycles. The molecule has 96 valence electrons. The Balaban J connectivity index is 2.47. The van der Waals surface area contributed by atoms with Crippen LogP contribution < -0.4 is 0 Å². The predicted molar refractivity (Wildman–Crippen MR) is 55.0 cm³/mol. The van der Waals surface area contributed by atoms with E-state index in [9.17, 15) is 18.0 Å². The summed E-state index contributed by atoms with van der Waals surface area (Å²) in [6.45, 7) is 1.76. The molecule has 1 aromatic carbocycles. The van der Waals surface area contributed by atoms with Crippen molar-refractivity contribution >= 4 is 16.9 Å². The number of hydrogen-bond donors (Lipinski definition) is 0. The van der Waals surface area contributed by atoms with Crippen molar-refractivity contribution in [3.05, 3.63) is 29.5 Å². The zero-order chi connectivity index (χ0) is 13.3. The summed E-state index contributed by atoms with van der Waals surface area (Å²) in [7, 11) is 0. The number of aromatic nitrogens is 1. The topological polar surface area (TPSA) is 52.3 Å². The highest BCUT2D eigenvalue weighted by molar-refractivity contribution is 6.01. The summed E-state index contributed by atoms with van der Waals surface area (Å²) in [5.41, 5.74) is -1.09. The zero-order valence-corrected chi connectivity index (χ0v) is 9.25. The van der Waals surface area contributed by atoms with Gasteiger partial charge in [0.25, 0.3) is 0 Å². The SMILES string of the molecule is CCOC(=O)c1noc2cc(C(F)(F)F)ccc12. The summed E-state index contributed by atoms with van der Waals surface area (Å²) in [6, 6.07) is 2.80. The first-order chi connectivity index (χ1) is 8.43. The molecule has 0 spiro atoms. The highest BCUT2D eigenvalue weighted by Gasteiger charge is 2.31. The van der Waals surface area contributed by atoms with Crippen molar-refractivity contribution in [3.63, 3.8) is 0 Å². The summed E-state index contributed by atoms with van der Waals surface area (Å²) >= 11 is 0. The molecular weight excluding hydrogens is 251 g/mol. The molecule has 18 heavy (non-hydrogen) atoms. The second kappa shape index (κ2) is 4.32. The van der Waals surface area contributed by atoms with Gasteiger partial charge in [-0.2, -0.15) is 13.2 Å². The molecule has 0 N–H and O–H groups in total. The van der Waals surface area contributed by atoms with Gasteiger partial charge in [0, 0.05) is 0 Å². The molecule has 0 radical (unpaired) electrons. The van der Waals surface area contributed by atoms with E-state index in [2.05, 4.69) is 5.16 Å². The summed E-state index contributed by atoms with van der Waals surface area (Å²) in [6.07, 6.45) is -4.47. The maximum atomic E-state index is 12.4. The fraction of sp³-hybridized carbons (Fsp3) is 0.273. The number of benzene rings is 1. The number of hydrogen-bond acceptors (Lipinski definition) is 4. The molecule has 0 saturated heterocycles. The van der Waals surface area contributed by atoms with Crippen LogP contribution in [-0.2, 0) is 10.9 Å². The molecule has 0 aliphatic heterocycles. The Hall–Kier alpha value is -2.05. The molecule has 0 aliphatic rings. The van der Waals surface area contributed by atoms with Gasteiger partial charge in [-0.15, -0.1) is 0 Å². The first-order valence-corrected chi connectivity index (χ1v) is 5.07. The molecule has 0 atom stereocenters. The van der Waals surface area contributed by atoms with Gasteiger partial charge in [-0.1, -0.05) is 5.16 Å². The summed E-state index contributed by atoms with van der Waals surface area (Å²) in [5, 5.41) is 3.62. The Morgan fingerprint density at radius 3 is 2.78 bits per heavy atom. The highest BCUT2D eigenvalue weighted by atomic mass is 19.4. The zero-order valence-electron chi connectivity index (χ0n) is 9.25. The molecule has 2 rings (SSSR count). The van der Waals surface area contributed by atoms with Crippen LogP contribution in [-0.4, -0.2) is 17.7 Å². The quantitative estimate of drug-likeness (QED) is 0.778. The molecule has 4 nitrogen and oxygen atoms in total. The van der Waals surface area contributed by atoms with Gasteiger partial charge in [0.15, 0.2) is 11.3 Å². The molecule has 0 fully saturated rings. The average molecular weight is 259 g/mol. The van der Waals surface area contributed by atoms with E-state index in [1.807, 2.05) is 0 Å². The Kier molecular flexibility index (Phi) is 2.98. The summed E-state index contributed by atoms with van der Waals surface area (Å²) < 4.78 is 46.8. The number of esters is 1. The number of carbonyl (C=O) groups is 1. The Morgan fingerprint density at radius 2 is 2.17 bits per heavy atom. The van der Waals surface area contributed by atoms with E-state index in [1.54, 1.807) is 6.92 Å². The minimum atomic E-state index is -4.47. The van der Waals surface area contributed by atoms with E-state index in [-0.39, 0.29) is 23.3 Å². The van der Waals surface area contributed by atoms with Crippen molar-refractivity contribution in [2.24, 2.45) is 0 Å². The van der Waals surface area contributed by atoms with E-state index in [1.165, 1.54) is 0 Å². The summed E-state index contributed by atoms with van der Waals surface area (Å²) in [4.78, 5) is 11.4. The van der Waals surface area contributed by atoms with E-state index in [0.29, 0.717) is 0 Å². The number of alkyl halides is 3. The minimum absolute atomic E-state index is 0.104. The third-order valence-electron chi connectivity index (χ3n) is 2.27. The van der Waals surface area contributed by atoms with Crippen LogP contribution in [0.2, 0.25) is 0 Å². The van der Waals surface area contributed by atoms with Gasteiger partial charge in [-0.25, -0.2) is 4.79 Å². The Bertz CT molecular complexity index is 589. The summed E-state index contributed by atoms with van der Waals surface area (Å²) in [5.74, 6) is -0.726. The van der Waals surface area contributed by atoms with Crippen molar-refractivity contribution in [1.82, 2.24) is 5.16 Å². The molecule has 0 bridgehead atoms. The monoisotopic (exact) mass is 259 g/mol. The van der Waals surface area contributed by atoms with Gasteiger partial charge in [0.05, 0.1) is 17.6 Å². The van der Waals surface area contributed by atoms with Gasteiger partial charge >= 0.3 is 12.1 Å². The van der Waals surface area contributed by atoms with Gasteiger partial charge in [-0.05, 0) is 25.1 Å². The molecule has 0 amide bonds. The van der Waals surface area contributed by atoms with E-state index in [4.69, 9.17) is 9.26 Å². The van der Waals surface area contributed by atoms with Crippen LogP contribution in [0, 0.1) is 0 Å². The van der Waals surface area contributed by atoms with Gasteiger partial charge in [0.1, 0.15) is 0 Å². The van der Waals surface area contributed by atoms with E-state index >= 15 is 0 Å². The van der Waals surface area contributed by atoms with Gasteiger partial charge in [0.2, 0.25) is 0 Å². The minimum Gasteiger partial charge on any atom is -0.461 e. The number of nitrogens with zero attached hydrogens (tertiary/aromatic N) is 1. The lowest BCUT2D eigenvalue weighted by Crippen LogP contribution is -2.06. The number of ether oxygens (including phenoxy) is 1. The van der Waals surface area contributed by atoms with Gasteiger partial charge in [-0.3, -0.25) is 0 Å². The highest BCUT2D eigenvalue weighted by Crippen LogP contribution is 2.32. The molecule has 0 aliphatic carbocycles. The van der Waals surface area contributed by atoms with Crippen LogP contribution in [0.1, 0.15) is 23.0 Å². The molecular formula is C11H8F3NO3. The van der Waals surface area contributed by atoms with Crippen LogP contribution in [0.3, 0.4) is 0 Å². The third-order valence-corrected chi connectivity index (χ3v) is 2.27. The normalized spacial score (nSPS) is 11.8. The number of carbonyl (C=O) groups excluding carboxylic acids is 1. The van der Waals surface area contributed by atoms with Crippen molar-refractivity contribution in [2.75, 3.05) is 6.61 Å². The first-order valence-electron chi connectivity index (χ1n) is 5.07. The van der Waals surface area contributed by atoms with Crippen LogP contribution in [0.25, 0.3) is 11.0 Å². The molecule has 1 aromatic heterocycles. The lowest BCUT2D eigenvalue weighted by Gasteiger charge is -2.05. The smallest absolute Gasteiger partial charge is 0.416 e. The molecule has 7 heteroatoms. The maximum absolute atomic E-state index is 12.4. The number of fused-ring (bicyclic) bond motifs is 1. The van der Waals surface area contributed by atoms with Gasteiger partial charge < -0.3 is 9.26 Å². The van der Waals surface area contributed by atoms with Crippen LogP contribution in [0.5, 0.6) is 0 Å². The lowest BCUT2D eigenvalue weighted by atomic mass is 10.1. The lowest BCUT2D eigenvalue weighted by molar-refractivity contribution is -0.137. The Morgan fingerprint density at radius 1 is 1.44 bits per heavy atom. The third kappa shape index (κ3) is 2.15. The fourth-order valence-electron chi connectivity index (χ4n) is 1.46. The molecule has 0 saturated carbocycles. The predicted octanol–water partition coefficient (Wildman–Crippen LogP) is 3.02. The van der Waals surface area contributed by atoms with E-state index < -0.39 is 17.7 Å². The number of rotatable bonds is 2. The second-order valence-electron chi connectivity index (χ2n) is 3.46. The van der Waals surface area contributed by atoms with Crippen LogP contribution >= 0.6 is 0 Å². The average Bonchev–Trinajstić information content (AvgIpc) is 2.70. The van der Waals surface area contributed by atoms with Crippen molar-refractivity contribution in [3.8, 4) is 0 Å². The van der Waals surface area contributed by atoms with Crippen molar-refractivity contribution in [1.29, 1.82) is 0 Å². The largest absolute Gasteiger partial charge is 0.461 e. The Labute approximate surface area is 99.3 Å². The van der Waals surface area contributed by atoms with Crippen molar-refractivity contribution < 1.29 is 27.2 Å². The number of halogens is 3. The van der Waals surface area contributed by atoms with E-state index in [0.717, 1.165) is 18.2 Å². The first kappa shape index (κ1) is 12.4. The molecule has 0 unspecified atom stereocenters. The molecule has 2 aromatic rings. The standard InChI is InChI=1S/C11H8F3NO3/c1-2-17-10(16)9-7-4-3-6(11(12,13)14)5-8(7)18-15-9/h3-5H,2H2,1H3. The van der Waals surface area contributed by atoms with Crippen LogP contribution in [0.4, 0.5) is 13.2 Å².